The predicted molar refractivity (Wildman–Crippen MR) is 79.9 cm³/mol. The molecule has 0 amide bonds. The molecule has 0 bridgehead atoms. The molecule has 1 nitrogen and oxygen atoms in total. The van der Waals surface area contributed by atoms with E-state index in [1.807, 2.05) is 0 Å². The van der Waals surface area contributed by atoms with Crippen molar-refractivity contribution in [2.24, 2.45) is 5.92 Å². The molecule has 0 N–H and O–H groups in total. The first-order valence-electron chi connectivity index (χ1n) is 7.05. The lowest BCUT2D eigenvalue weighted by Crippen LogP contribution is -2.42. The molecule has 0 aromatic carbocycles. The number of methoxy groups -OCH3 is 1. The minimum absolute atomic E-state index is 0.100. The molecule has 1 rings (SSSR count). The van der Waals surface area contributed by atoms with Gasteiger partial charge in [-0.3, -0.25) is 0 Å². The van der Waals surface area contributed by atoms with E-state index < -0.39 is 18.4 Å². The first-order valence-corrected chi connectivity index (χ1v) is 8.29. The van der Waals surface area contributed by atoms with Crippen LogP contribution in [0.1, 0.15) is 51.9 Å². The third-order valence-electron chi connectivity index (χ3n) is 3.93. The summed E-state index contributed by atoms with van der Waals surface area (Å²) in [7, 11) is 1.47. The van der Waals surface area contributed by atoms with Crippen LogP contribution < -0.4 is 0 Å². The normalized spacial score (nSPS) is 34.5. The lowest BCUT2D eigenvalue weighted by molar-refractivity contribution is -0.0574. The largest absolute Gasteiger partial charge is 0.378 e. The van der Waals surface area contributed by atoms with E-state index in [0.717, 1.165) is 25.7 Å². The molecule has 5 atom stereocenters. The van der Waals surface area contributed by atoms with Gasteiger partial charge in [0.25, 0.3) is 0 Å². The van der Waals surface area contributed by atoms with Crippen LogP contribution in [-0.4, -0.2) is 29.5 Å². The molecule has 4 heteroatoms. The van der Waals surface area contributed by atoms with Gasteiger partial charge in [0, 0.05) is 11.0 Å². The summed E-state index contributed by atoms with van der Waals surface area (Å²) in [5.41, 5.74) is 0. The highest BCUT2D eigenvalue weighted by Gasteiger charge is 2.39. The van der Waals surface area contributed by atoms with Crippen LogP contribution in [0.25, 0.3) is 0 Å². The Morgan fingerprint density at radius 3 is 2.56 bits per heavy atom. The van der Waals surface area contributed by atoms with Crippen molar-refractivity contribution in [3.8, 4) is 0 Å². The van der Waals surface area contributed by atoms with Crippen LogP contribution >= 0.6 is 22.6 Å². The van der Waals surface area contributed by atoms with Gasteiger partial charge in [0.2, 0.25) is 0 Å². The summed E-state index contributed by atoms with van der Waals surface area (Å²) in [5.74, 6) is -0.100. The predicted octanol–water partition coefficient (Wildman–Crippen LogP) is 4.86. The summed E-state index contributed by atoms with van der Waals surface area (Å²) < 4.78 is 33.3. The van der Waals surface area contributed by atoms with E-state index in [1.165, 1.54) is 20.0 Å². The Labute approximate surface area is 123 Å². The van der Waals surface area contributed by atoms with E-state index in [9.17, 15) is 8.78 Å². The monoisotopic (exact) mass is 374 g/mol. The Balaban J connectivity index is 2.26. The maximum absolute atomic E-state index is 13.9. The van der Waals surface area contributed by atoms with Crippen LogP contribution in [0.15, 0.2) is 0 Å². The molecule has 108 valence electrons. The lowest BCUT2D eigenvalue weighted by atomic mass is 9.81. The third kappa shape index (κ3) is 4.91. The van der Waals surface area contributed by atoms with Gasteiger partial charge < -0.3 is 4.74 Å². The second-order valence-corrected chi connectivity index (χ2v) is 7.08. The van der Waals surface area contributed by atoms with Crippen molar-refractivity contribution in [3.05, 3.63) is 0 Å². The Hall–Kier alpha value is 0.550. The molecular weight excluding hydrogens is 349 g/mol. The lowest BCUT2D eigenvalue weighted by Gasteiger charge is -2.34. The molecule has 1 fully saturated rings. The number of rotatable bonds is 7. The van der Waals surface area contributed by atoms with E-state index in [-0.39, 0.29) is 5.92 Å². The maximum atomic E-state index is 13.9. The number of hydrogen-bond donors (Lipinski definition) is 0. The van der Waals surface area contributed by atoms with E-state index >= 15 is 0 Å². The van der Waals surface area contributed by atoms with Crippen molar-refractivity contribution in [1.82, 2.24) is 0 Å². The summed E-state index contributed by atoms with van der Waals surface area (Å²) in [6, 6.07) is 0. The molecule has 0 spiro atoms. The van der Waals surface area contributed by atoms with E-state index in [1.54, 1.807) is 0 Å². The fourth-order valence-corrected chi connectivity index (χ4v) is 3.84. The summed E-state index contributed by atoms with van der Waals surface area (Å²) in [6.45, 7) is 2.18. The van der Waals surface area contributed by atoms with Crippen molar-refractivity contribution < 1.29 is 13.5 Å². The minimum atomic E-state index is -1.43. The fraction of sp³-hybridized carbons (Fsp3) is 1.00. The minimum Gasteiger partial charge on any atom is -0.378 e. The molecule has 0 aromatic rings. The van der Waals surface area contributed by atoms with Crippen LogP contribution in [0.3, 0.4) is 0 Å². The highest BCUT2D eigenvalue weighted by molar-refractivity contribution is 14.1. The first kappa shape index (κ1) is 16.6. The zero-order valence-electron chi connectivity index (χ0n) is 11.4. The van der Waals surface area contributed by atoms with Gasteiger partial charge >= 0.3 is 0 Å². The zero-order chi connectivity index (χ0) is 13.5. The Kier molecular flexibility index (Phi) is 8.00. The fourth-order valence-electron chi connectivity index (χ4n) is 2.77. The highest BCUT2D eigenvalue weighted by atomic mass is 127. The molecule has 18 heavy (non-hydrogen) atoms. The molecule has 0 saturated heterocycles. The third-order valence-corrected chi connectivity index (χ3v) is 5.17. The molecule has 1 aliphatic carbocycles. The zero-order valence-corrected chi connectivity index (χ0v) is 13.5. The Morgan fingerprint density at radius 2 is 1.94 bits per heavy atom. The van der Waals surface area contributed by atoms with Crippen LogP contribution in [0.4, 0.5) is 8.78 Å². The summed E-state index contributed by atoms with van der Waals surface area (Å²) in [6.07, 6.45) is 3.51. The smallest absolute Gasteiger partial charge is 0.157 e. The molecular formula is C14H25F2IO. The van der Waals surface area contributed by atoms with Crippen LogP contribution in [-0.2, 0) is 4.74 Å². The van der Waals surface area contributed by atoms with Crippen LogP contribution in [0, 0.1) is 5.92 Å². The van der Waals surface area contributed by atoms with Gasteiger partial charge in [-0.25, -0.2) is 8.78 Å². The van der Waals surface area contributed by atoms with Crippen molar-refractivity contribution in [2.75, 3.05) is 7.11 Å². The molecule has 5 unspecified atom stereocenters. The number of ether oxygens (including phenoxy) is 1. The van der Waals surface area contributed by atoms with Gasteiger partial charge in [0.05, 0.1) is 6.10 Å². The topological polar surface area (TPSA) is 9.23 Å². The van der Waals surface area contributed by atoms with E-state index in [2.05, 4.69) is 29.5 Å². The van der Waals surface area contributed by atoms with Gasteiger partial charge in [-0.2, -0.15) is 0 Å². The SMILES string of the molecule is CCCC(I)CCCC1CCC(OC)C(F)C1F. The summed E-state index contributed by atoms with van der Waals surface area (Å²) in [5, 5.41) is 0. The number of alkyl halides is 3. The molecule has 1 saturated carbocycles. The number of halogens is 3. The van der Waals surface area contributed by atoms with Crippen LogP contribution in [0.2, 0.25) is 0 Å². The van der Waals surface area contributed by atoms with Crippen molar-refractivity contribution in [2.45, 2.75) is 74.2 Å². The highest BCUT2D eigenvalue weighted by Crippen LogP contribution is 2.34. The standard InChI is InChI=1S/C14H25F2IO/c1-3-5-11(17)7-4-6-10-8-9-12(18-2)14(16)13(10)15/h10-14H,3-9H2,1-2H3. The van der Waals surface area contributed by atoms with Crippen LogP contribution in [0.5, 0.6) is 0 Å². The van der Waals surface area contributed by atoms with Crippen molar-refractivity contribution in [1.29, 1.82) is 0 Å². The van der Waals surface area contributed by atoms with E-state index in [4.69, 9.17) is 4.74 Å². The average Bonchev–Trinajstić information content (AvgIpc) is 2.35. The Bertz CT molecular complexity index is 228. The van der Waals surface area contributed by atoms with Crippen molar-refractivity contribution in [3.63, 3.8) is 0 Å². The second kappa shape index (κ2) is 8.67. The second-order valence-electron chi connectivity index (χ2n) is 5.32. The Morgan fingerprint density at radius 1 is 1.22 bits per heavy atom. The molecule has 0 heterocycles. The molecule has 0 aromatic heterocycles. The quantitative estimate of drug-likeness (QED) is 0.457. The van der Waals surface area contributed by atoms with Gasteiger partial charge in [0.1, 0.15) is 6.17 Å². The van der Waals surface area contributed by atoms with Gasteiger partial charge in [0.15, 0.2) is 6.17 Å². The van der Waals surface area contributed by atoms with Crippen molar-refractivity contribution >= 4 is 22.6 Å². The molecule has 0 radical (unpaired) electrons. The summed E-state index contributed by atoms with van der Waals surface area (Å²) >= 11 is 2.47. The first-order chi connectivity index (χ1) is 8.60. The molecule has 1 aliphatic rings. The van der Waals surface area contributed by atoms with Gasteiger partial charge in [-0.05, 0) is 38.0 Å². The van der Waals surface area contributed by atoms with Gasteiger partial charge in [-0.15, -0.1) is 0 Å². The molecule has 0 aliphatic heterocycles. The summed E-state index contributed by atoms with van der Waals surface area (Å²) in [4.78, 5) is 0. The van der Waals surface area contributed by atoms with Gasteiger partial charge in [-0.1, -0.05) is 42.4 Å². The average molecular weight is 374 g/mol. The van der Waals surface area contributed by atoms with E-state index in [0.29, 0.717) is 10.3 Å². The maximum Gasteiger partial charge on any atom is 0.157 e. The number of hydrogen-bond acceptors (Lipinski definition) is 1.